The van der Waals surface area contributed by atoms with Crippen LogP contribution >= 0.6 is 0 Å². The number of Topliss-reactive ketones (excluding diaryl/α,β-unsaturated/α-hetero) is 2. The van der Waals surface area contributed by atoms with Crippen LogP contribution in [0.3, 0.4) is 0 Å². The van der Waals surface area contributed by atoms with Gasteiger partial charge >= 0.3 is 0 Å². The fourth-order valence-corrected chi connectivity index (χ4v) is 5.13. The molecule has 2 aliphatic carbocycles. The van der Waals surface area contributed by atoms with E-state index >= 15 is 0 Å². The number of carbonyl (C=O) groups is 4. The number of rotatable bonds is 18. The summed E-state index contributed by atoms with van der Waals surface area (Å²) in [5.74, 6) is -2.92. The topological polar surface area (TPSA) is 140 Å². The smallest absolute Gasteiger partial charge is 0.227 e. The molecular weight excluding hydrogens is 504 g/mol. The normalized spacial score (nSPS) is 21.4. The van der Waals surface area contributed by atoms with E-state index in [1.807, 2.05) is 0 Å². The first-order valence-electron chi connectivity index (χ1n) is 14.0. The van der Waals surface area contributed by atoms with Crippen molar-refractivity contribution >= 4 is 23.1 Å². The number of hydrogen-bond donors (Lipinski definition) is 2. The first-order valence-corrected chi connectivity index (χ1v) is 14.0. The summed E-state index contributed by atoms with van der Waals surface area (Å²) in [6, 6.07) is 0. The van der Waals surface area contributed by atoms with E-state index in [0.29, 0.717) is 25.0 Å². The Bertz CT molecular complexity index is 992. The molecule has 0 aromatic rings. The van der Waals surface area contributed by atoms with Crippen LogP contribution in [0.25, 0.3) is 0 Å². The molecule has 39 heavy (non-hydrogen) atoms. The summed E-state index contributed by atoms with van der Waals surface area (Å²) in [5.41, 5.74) is 0.304. The first-order chi connectivity index (χ1) is 18.8. The van der Waals surface area contributed by atoms with Gasteiger partial charge in [0.05, 0.1) is 26.4 Å². The summed E-state index contributed by atoms with van der Waals surface area (Å²) in [6.07, 6.45) is 15.3. The molecule has 3 rings (SSSR count). The first kappa shape index (κ1) is 30.3. The van der Waals surface area contributed by atoms with Crippen LogP contribution in [0, 0.1) is 0 Å². The lowest BCUT2D eigenvalue weighted by molar-refractivity contribution is -0.119. The standard InChI is InChI=1S/C30H40O9/c1-37-25-17-21(31)27(33)19(29(25)35)13-9-5-3-7-11-15-23-24(39-23)16-12-8-4-6-10-14-20-28(34)22(32)18-26(38-2)30(20)36/h17-18,23-24,33-34H,3-16H2,1-2H3. The molecule has 0 amide bonds. The Morgan fingerprint density at radius 1 is 0.615 bits per heavy atom. The molecule has 0 spiro atoms. The summed E-state index contributed by atoms with van der Waals surface area (Å²) >= 11 is 0. The van der Waals surface area contributed by atoms with E-state index in [0.717, 1.165) is 89.2 Å². The Morgan fingerprint density at radius 3 is 1.36 bits per heavy atom. The Hall–Kier alpha value is -3.20. The van der Waals surface area contributed by atoms with Gasteiger partial charge in [0.15, 0.2) is 23.0 Å². The van der Waals surface area contributed by atoms with Gasteiger partial charge in [-0.1, -0.05) is 51.4 Å². The van der Waals surface area contributed by atoms with E-state index in [-0.39, 0.29) is 22.7 Å². The third-order valence-electron chi connectivity index (χ3n) is 7.52. The fraction of sp³-hybridized carbons (Fsp3) is 0.600. The minimum absolute atomic E-state index is 0.0175. The Balaban J connectivity index is 1.16. The molecule has 1 aliphatic heterocycles. The molecule has 1 fully saturated rings. The van der Waals surface area contributed by atoms with E-state index in [1.165, 1.54) is 14.2 Å². The van der Waals surface area contributed by atoms with Crippen molar-refractivity contribution in [3.8, 4) is 0 Å². The second kappa shape index (κ2) is 14.8. The fourth-order valence-electron chi connectivity index (χ4n) is 5.13. The van der Waals surface area contributed by atoms with E-state index in [2.05, 4.69) is 0 Å². The average molecular weight is 545 g/mol. The van der Waals surface area contributed by atoms with Gasteiger partial charge in [0.2, 0.25) is 23.1 Å². The molecule has 3 aliphatic rings. The van der Waals surface area contributed by atoms with Crippen molar-refractivity contribution in [1.29, 1.82) is 0 Å². The molecule has 1 saturated heterocycles. The Kier molecular flexibility index (Phi) is 11.5. The van der Waals surface area contributed by atoms with Gasteiger partial charge in [0.1, 0.15) is 0 Å². The molecular formula is C30H40O9. The van der Waals surface area contributed by atoms with Gasteiger partial charge < -0.3 is 24.4 Å². The van der Waals surface area contributed by atoms with E-state index in [9.17, 15) is 29.4 Å². The highest BCUT2D eigenvalue weighted by molar-refractivity contribution is 6.21. The van der Waals surface area contributed by atoms with Crippen molar-refractivity contribution < 1.29 is 43.6 Å². The van der Waals surface area contributed by atoms with Crippen LogP contribution in [0.2, 0.25) is 0 Å². The maximum atomic E-state index is 12.2. The zero-order valence-corrected chi connectivity index (χ0v) is 23.0. The zero-order chi connectivity index (χ0) is 28.4. The van der Waals surface area contributed by atoms with Crippen molar-refractivity contribution in [3.05, 3.63) is 46.3 Å². The van der Waals surface area contributed by atoms with Crippen molar-refractivity contribution in [3.63, 3.8) is 0 Å². The van der Waals surface area contributed by atoms with Gasteiger partial charge in [-0.25, -0.2) is 0 Å². The number of aliphatic hydroxyl groups excluding tert-OH is 2. The maximum absolute atomic E-state index is 12.2. The molecule has 9 heteroatoms. The molecule has 214 valence electrons. The number of ether oxygens (including phenoxy) is 3. The summed E-state index contributed by atoms with van der Waals surface area (Å²) in [5, 5.41) is 19.8. The number of allylic oxidation sites excluding steroid dienone is 4. The second-order valence-electron chi connectivity index (χ2n) is 10.3. The number of carbonyl (C=O) groups excluding carboxylic acids is 4. The molecule has 9 nitrogen and oxygen atoms in total. The molecule has 0 aromatic heterocycles. The minimum atomic E-state index is -0.579. The maximum Gasteiger partial charge on any atom is 0.227 e. The quantitative estimate of drug-likeness (QED) is 0.135. The number of unbranched alkanes of at least 4 members (excludes halogenated alkanes) is 8. The van der Waals surface area contributed by atoms with Crippen LogP contribution in [0.15, 0.2) is 46.3 Å². The van der Waals surface area contributed by atoms with Crippen molar-refractivity contribution in [2.45, 2.75) is 102 Å². The molecule has 0 saturated carbocycles. The molecule has 0 bridgehead atoms. The molecule has 2 unspecified atom stereocenters. The highest BCUT2D eigenvalue weighted by atomic mass is 16.6. The highest BCUT2D eigenvalue weighted by Crippen LogP contribution is 2.32. The van der Waals surface area contributed by atoms with Gasteiger partial charge in [0.25, 0.3) is 0 Å². The van der Waals surface area contributed by atoms with Crippen LogP contribution in [0.4, 0.5) is 0 Å². The van der Waals surface area contributed by atoms with Gasteiger partial charge in [-0.3, -0.25) is 19.2 Å². The SMILES string of the molecule is COC1=CC(=O)C(O)=C(CCCCCCCC2OC2CCCCCCCC2=C(O)C(=O)C=C(OC)C2=O)C1=O. The lowest BCUT2D eigenvalue weighted by Gasteiger charge is -2.14. The van der Waals surface area contributed by atoms with Crippen molar-refractivity contribution in [2.24, 2.45) is 0 Å². The highest BCUT2D eigenvalue weighted by Gasteiger charge is 2.37. The summed E-state index contributed by atoms with van der Waals surface area (Å²) in [7, 11) is 2.67. The average Bonchev–Trinajstić information content (AvgIpc) is 3.68. The third kappa shape index (κ3) is 8.39. The minimum Gasteiger partial charge on any atom is -0.504 e. The number of methoxy groups -OCH3 is 2. The Morgan fingerprint density at radius 2 is 0.974 bits per heavy atom. The van der Waals surface area contributed by atoms with Gasteiger partial charge in [0, 0.05) is 23.3 Å². The van der Waals surface area contributed by atoms with Gasteiger partial charge in [-0.15, -0.1) is 0 Å². The van der Waals surface area contributed by atoms with Crippen LogP contribution in [0.5, 0.6) is 0 Å². The molecule has 0 radical (unpaired) electrons. The van der Waals surface area contributed by atoms with Crippen LogP contribution in [0.1, 0.15) is 89.9 Å². The predicted octanol–water partition coefficient (Wildman–Crippen LogP) is 5.20. The second-order valence-corrected chi connectivity index (χ2v) is 10.3. The lowest BCUT2D eigenvalue weighted by atomic mass is 9.94. The van der Waals surface area contributed by atoms with E-state index < -0.39 is 34.7 Å². The molecule has 2 N–H and O–H groups in total. The number of hydrogen-bond acceptors (Lipinski definition) is 9. The van der Waals surface area contributed by atoms with Crippen LogP contribution < -0.4 is 0 Å². The third-order valence-corrected chi connectivity index (χ3v) is 7.52. The Labute approximate surface area is 229 Å². The van der Waals surface area contributed by atoms with Crippen molar-refractivity contribution in [1.82, 2.24) is 0 Å². The monoisotopic (exact) mass is 544 g/mol. The molecule has 2 atom stereocenters. The zero-order valence-electron chi connectivity index (χ0n) is 23.0. The van der Waals surface area contributed by atoms with E-state index in [4.69, 9.17) is 14.2 Å². The predicted molar refractivity (Wildman–Crippen MR) is 143 cm³/mol. The number of epoxide rings is 1. The van der Waals surface area contributed by atoms with Crippen LogP contribution in [-0.4, -0.2) is 59.8 Å². The van der Waals surface area contributed by atoms with Crippen molar-refractivity contribution in [2.75, 3.05) is 14.2 Å². The molecule has 0 aromatic carbocycles. The summed E-state index contributed by atoms with van der Waals surface area (Å²) in [4.78, 5) is 48.0. The van der Waals surface area contributed by atoms with Crippen LogP contribution in [-0.2, 0) is 33.4 Å². The largest absolute Gasteiger partial charge is 0.504 e. The number of ketones is 4. The van der Waals surface area contributed by atoms with E-state index in [1.54, 1.807) is 0 Å². The molecule has 1 heterocycles. The van der Waals surface area contributed by atoms with Gasteiger partial charge in [-0.2, -0.15) is 0 Å². The van der Waals surface area contributed by atoms with Gasteiger partial charge in [-0.05, 0) is 38.5 Å². The summed E-state index contributed by atoms with van der Waals surface area (Å²) < 4.78 is 15.7. The lowest BCUT2D eigenvalue weighted by Crippen LogP contribution is -2.20. The summed E-state index contributed by atoms with van der Waals surface area (Å²) in [6.45, 7) is 0. The number of aliphatic hydroxyl groups is 2.